The van der Waals surface area contributed by atoms with Crippen LogP contribution >= 0.6 is 0 Å². The Kier molecular flexibility index (Phi) is 6.50. The van der Waals surface area contributed by atoms with Crippen molar-refractivity contribution in [1.82, 2.24) is 4.98 Å². The van der Waals surface area contributed by atoms with Crippen molar-refractivity contribution in [2.75, 3.05) is 19.5 Å². The Balaban J connectivity index is 1.53. The highest BCUT2D eigenvalue weighted by Crippen LogP contribution is 2.49. The molecule has 6 heteroatoms. The van der Waals surface area contributed by atoms with Crippen molar-refractivity contribution in [3.8, 4) is 22.6 Å². The fraction of sp³-hybridized carbons (Fsp3) is 0.290. The SMILES string of the molecule is CCOC(=O)Cc1ccc(OC)cc1OC1c2cc(-c3ccc4ccnc(N)c4c3)ccc2CC1(C)C. The van der Waals surface area contributed by atoms with Crippen molar-refractivity contribution < 1.29 is 19.0 Å². The summed E-state index contributed by atoms with van der Waals surface area (Å²) < 4.78 is 17.4. The summed E-state index contributed by atoms with van der Waals surface area (Å²) >= 11 is 0. The predicted molar refractivity (Wildman–Crippen MR) is 146 cm³/mol. The van der Waals surface area contributed by atoms with Crippen LogP contribution in [-0.4, -0.2) is 24.7 Å². The monoisotopic (exact) mass is 496 g/mol. The molecule has 6 nitrogen and oxygen atoms in total. The van der Waals surface area contributed by atoms with E-state index in [1.54, 1.807) is 20.2 Å². The Morgan fingerprint density at radius 2 is 1.84 bits per heavy atom. The van der Waals surface area contributed by atoms with Crippen molar-refractivity contribution in [3.05, 3.63) is 83.6 Å². The second kappa shape index (κ2) is 9.77. The van der Waals surface area contributed by atoms with Crippen LogP contribution in [0.4, 0.5) is 5.82 Å². The van der Waals surface area contributed by atoms with Crippen molar-refractivity contribution >= 4 is 22.6 Å². The van der Waals surface area contributed by atoms with Gasteiger partial charge in [0, 0.05) is 28.6 Å². The number of nitrogen functional groups attached to an aromatic ring is 1. The Bertz CT molecular complexity index is 1480. The van der Waals surface area contributed by atoms with Crippen LogP contribution < -0.4 is 15.2 Å². The van der Waals surface area contributed by atoms with Crippen molar-refractivity contribution in [2.24, 2.45) is 5.41 Å². The minimum atomic E-state index is -0.282. The van der Waals surface area contributed by atoms with E-state index in [-0.39, 0.29) is 23.9 Å². The molecule has 37 heavy (non-hydrogen) atoms. The maximum atomic E-state index is 12.3. The number of nitrogens with zero attached hydrogens (tertiary/aromatic N) is 1. The van der Waals surface area contributed by atoms with Gasteiger partial charge >= 0.3 is 5.97 Å². The highest BCUT2D eigenvalue weighted by Gasteiger charge is 2.41. The molecule has 0 saturated heterocycles. The van der Waals surface area contributed by atoms with Gasteiger partial charge in [-0.1, -0.05) is 44.2 Å². The van der Waals surface area contributed by atoms with Crippen LogP contribution in [0.25, 0.3) is 21.9 Å². The molecule has 0 spiro atoms. The Hall–Kier alpha value is -4.06. The first kappa shape index (κ1) is 24.6. The van der Waals surface area contributed by atoms with Crippen LogP contribution in [0.1, 0.15) is 43.6 Å². The quantitative estimate of drug-likeness (QED) is 0.302. The van der Waals surface area contributed by atoms with Crippen molar-refractivity contribution in [1.29, 1.82) is 0 Å². The van der Waals surface area contributed by atoms with Crippen LogP contribution in [-0.2, 0) is 22.4 Å². The molecule has 190 valence electrons. The molecule has 5 rings (SSSR count). The molecule has 0 radical (unpaired) electrons. The molecule has 2 N–H and O–H groups in total. The maximum absolute atomic E-state index is 12.3. The lowest BCUT2D eigenvalue weighted by Gasteiger charge is -2.29. The predicted octanol–water partition coefficient (Wildman–Crippen LogP) is 6.30. The molecule has 0 bridgehead atoms. The summed E-state index contributed by atoms with van der Waals surface area (Å²) in [5.74, 6) is 1.55. The highest BCUT2D eigenvalue weighted by molar-refractivity contribution is 5.94. The van der Waals surface area contributed by atoms with E-state index in [2.05, 4.69) is 55.2 Å². The van der Waals surface area contributed by atoms with Crippen molar-refractivity contribution in [3.63, 3.8) is 0 Å². The zero-order chi connectivity index (χ0) is 26.2. The summed E-state index contributed by atoms with van der Waals surface area (Å²) in [7, 11) is 1.62. The number of ether oxygens (including phenoxy) is 3. The normalized spacial score (nSPS) is 15.8. The van der Waals surface area contributed by atoms with Gasteiger partial charge in [-0.05, 0) is 65.3 Å². The highest BCUT2D eigenvalue weighted by atomic mass is 16.5. The Morgan fingerprint density at radius 1 is 1.05 bits per heavy atom. The van der Waals surface area contributed by atoms with Crippen LogP contribution in [0.15, 0.2) is 66.9 Å². The van der Waals surface area contributed by atoms with Crippen LogP contribution in [0.2, 0.25) is 0 Å². The van der Waals surface area contributed by atoms with Gasteiger partial charge < -0.3 is 19.9 Å². The third-order valence-corrected chi connectivity index (χ3v) is 7.07. The number of carbonyl (C=O) groups is 1. The zero-order valence-corrected chi connectivity index (χ0v) is 21.7. The van der Waals surface area contributed by atoms with E-state index in [0.717, 1.165) is 39.4 Å². The summed E-state index contributed by atoms with van der Waals surface area (Å²) in [6.45, 7) is 6.57. The van der Waals surface area contributed by atoms with E-state index in [4.69, 9.17) is 19.9 Å². The van der Waals surface area contributed by atoms with Gasteiger partial charge in [0.1, 0.15) is 23.4 Å². The molecule has 0 aliphatic heterocycles. The number of nitrogens with two attached hydrogens (primary N) is 1. The maximum Gasteiger partial charge on any atom is 0.310 e. The van der Waals surface area contributed by atoms with Gasteiger partial charge in [-0.15, -0.1) is 0 Å². The first-order valence-electron chi connectivity index (χ1n) is 12.6. The third-order valence-electron chi connectivity index (χ3n) is 7.07. The van der Waals surface area contributed by atoms with E-state index < -0.39 is 0 Å². The minimum absolute atomic E-state index is 0.139. The smallest absolute Gasteiger partial charge is 0.310 e. The molecule has 1 heterocycles. The molecule has 0 amide bonds. The number of anilines is 1. The molecule has 1 aromatic heterocycles. The number of aromatic nitrogens is 1. The number of hydrogen-bond donors (Lipinski definition) is 1. The first-order valence-corrected chi connectivity index (χ1v) is 12.6. The second-order valence-corrected chi connectivity index (χ2v) is 10.2. The lowest BCUT2D eigenvalue weighted by molar-refractivity contribution is -0.142. The van der Waals surface area contributed by atoms with E-state index in [0.29, 0.717) is 23.9 Å². The molecule has 3 aromatic carbocycles. The van der Waals surface area contributed by atoms with Gasteiger partial charge in [-0.2, -0.15) is 0 Å². The van der Waals surface area contributed by atoms with Gasteiger partial charge in [-0.3, -0.25) is 4.79 Å². The zero-order valence-electron chi connectivity index (χ0n) is 21.7. The third kappa shape index (κ3) is 4.84. The molecule has 4 aromatic rings. The topological polar surface area (TPSA) is 83.7 Å². The molecular weight excluding hydrogens is 464 g/mol. The number of esters is 1. The molecular formula is C31H32N2O4. The summed E-state index contributed by atoms with van der Waals surface area (Å²) in [6.07, 6.45) is 2.55. The largest absolute Gasteiger partial charge is 0.497 e. The fourth-order valence-corrected chi connectivity index (χ4v) is 5.19. The van der Waals surface area contributed by atoms with Crippen molar-refractivity contribution in [2.45, 2.75) is 39.7 Å². The first-order chi connectivity index (χ1) is 17.8. The van der Waals surface area contributed by atoms with E-state index in [1.807, 2.05) is 24.3 Å². The number of pyridine rings is 1. The average molecular weight is 497 g/mol. The van der Waals surface area contributed by atoms with E-state index >= 15 is 0 Å². The lowest BCUT2D eigenvalue weighted by Crippen LogP contribution is -2.23. The summed E-state index contributed by atoms with van der Waals surface area (Å²) in [4.78, 5) is 16.5. The van der Waals surface area contributed by atoms with Gasteiger partial charge in [0.05, 0.1) is 20.1 Å². The molecule has 1 aliphatic carbocycles. The van der Waals surface area contributed by atoms with Gasteiger partial charge in [0.15, 0.2) is 0 Å². The Labute approximate surface area is 217 Å². The number of benzene rings is 3. The summed E-state index contributed by atoms with van der Waals surface area (Å²) in [6, 6.07) is 20.4. The van der Waals surface area contributed by atoms with E-state index in [1.165, 1.54) is 5.56 Å². The minimum Gasteiger partial charge on any atom is -0.497 e. The molecule has 1 unspecified atom stereocenters. The number of hydrogen-bond acceptors (Lipinski definition) is 6. The van der Waals surface area contributed by atoms with Gasteiger partial charge in [-0.25, -0.2) is 4.98 Å². The number of methoxy groups -OCH3 is 1. The van der Waals surface area contributed by atoms with Crippen LogP contribution in [0.5, 0.6) is 11.5 Å². The van der Waals surface area contributed by atoms with Gasteiger partial charge in [0.25, 0.3) is 0 Å². The van der Waals surface area contributed by atoms with Gasteiger partial charge in [0.2, 0.25) is 0 Å². The van der Waals surface area contributed by atoms with E-state index in [9.17, 15) is 4.79 Å². The Morgan fingerprint density at radius 3 is 2.62 bits per heavy atom. The summed E-state index contributed by atoms with van der Waals surface area (Å²) in [5, 5.41) is 2.00. The molecule has 1 atom stereocenters. The molecule has 1 aliphatic rings. The fourth-order valence-electron chi connectivity index (χ4n) is 5.19. The average Bonchev–Trinajstić information content (AvgIpc) is 3.13. The second-order valence-electron chi connectivity index (χ2n) is 10.2. The number of rotatable bonds is 7. The van der Waals surface area contributed by atoms with Crippen LogP contribution in [0, 0.1) is 5.41 Å². The lowest BCUT2D eigenvalue weighted by atomic mass is 9.87. The number of carbonyl (C=O) groups excluding carboxylic acids is 1. The standard InChI is InChI=1S/C31H32N2O4/c1-5-36-28(34)16-22-10-11-24(35-4)17-27(22)37-29-25-14-20(8-9-23(25)18-31(29,2)3)21-7-6-19-12-13-33-30(32)26(19)15-21/h6-15,17,29H,5,16,18H2,1-4H3,(H2,32,33). The van der Waals surface area contributed by atoms with Crippen LogP contribution in [0.3, 0.4) is 0 Å². The molecule has 0 fully saturated rings. The number of fused-ring (bicyclic) bond motifs is 2. The summed E-state index contributed by atoms with van der Waals surface area (Å²) in [5.41, 5.74) is 11.3. The molecule has 0 saturated carbocycles.